The van der Waals surface area contributed by atoms with Gasteiger partial charge in [-0.3, -0.25) is 9.59 Å². The van der Waals surface area contributed by atoms with Crippen LogP contribution in [0.5, 0.6) is 0 Å². The molecule has 1 unspecified atom stereocenters. The van der Waals surface area contributed by atoms with Crippen molar-refractivity contribution in [2.24, 2.45) is 5.92 Å². The summed E-state index contributed by atoms with van der Waals surface area (Å²) in [5.41, 5.74) is 3.93. The molecule has 1 amide bonds. The summed E-state index contributed by atoms with van der Waals surface area (Å²) in [6.07, 6.45) is 4.12. The van der Waals surface area contributed by atoms with E-state index in [9.17, 15) is 9.59 Å². The summed E-state index contributed by atoms with van der Waals surface area (Å²) in [4.78, 5) is 39.6. The largest absolute Gasteiger partial charge is 0.362 e. The number of ketones is 1. The molecule has 0 spiro atoms. The van der Waals surface area contributed by atoms with Gasteiger partial charge in [0.25, 0.3) is 0 Å². The van der Waals surface area contributed by atoms with Crippen LogP contribution in [0.4, 0.5) is 11.8 Å². The van der Waals surface area contributed by atoms with Crippen molar-refractivity contribution in [3.8, 4) is 0 Å². The number of fused-ring (bicyclic) bond motifs is 1. The molecule has 5 rings (SSSR count). The predicted octanol–water partition coefficient (Wildman–Crippen LogP) is 7.82. The molecule has 8 heteroatoms. The zero-order valence-corrected chi connectivity index (χ0v) is 28.8. The lowest BCUT2D eigenvalue weighted by atomic mass is 9.86. The van der Waals surface area contributed by atoms with Gasteiger partial charge >= 0.3 is 0 Å². The Labute approximate surface area is 278 Å². The number of amides is 1. The number of thioether (sulfide) groups is 1. The van der Waals surface area contributed by atoms with E-state index in [-0.39, 0.29) is 29.6 Å². The van der Waals surface area contributed by atoms with Crippen LogP contribution in [0.2, 0.25) is 0 Å². The van der Waals surface area contributed by atoms with E-state index < -0.39 is 5.25 Å². The lowest BCUT2D eigenvalue weighted by Gasteiger charge is -2.30. The molecule has 0 radical (unpaired) electrons. The van der Waals surface area contributed by atoms with Crippen molar-refractivity contribution < 1.29 is 9.59 Å². The number of Topliss-reactive ketones (excluding diaryl/α,β-unsaturated/α-hetero) is 1. The van der Waals surface area contributed by atoms with Crippen LogP contribution in [0.3, 0.4) is 0 Å². The molecule has 1 fully saturated rings. The maximum absolute atomic E-state index is 13.6. The van der Waals surface area contributed by atoms with E-state index in [1.807, 2.05) is 92.6 Å². The fourth-order valence-electron chi connectivity index (χ4n) is 5.93. The van der Waals surface area contributed by atoms with E-state index >= 15 is 0 Å². The average Bonchev–Trinajstić information content (AvgIpc) is 3.04. The molecule has 4 aromatic rings. The fraction of sp³-hybridized carbons (Fsp3) is 0.421. The van der Waals surface area contributed by atoms with Crippen LogP contribution >= 0.6 is 11.8 Å². The predicted molar refractivity (Wildman–Crippen MR) is 191 cm³/mol. The Kier molecular flexibility index (Phi) is 10.7. The minimum atomic E-state index is -0.508. The number of anilines is 2. The van der Waals surface area contributed by atoms with E-state index in [4.69, 9.17) is 9.97 Å². The Balaban J connectivity index is 1.18. The molecule has 3 aromatic carbocycles. The average molecular weight is 638 g/mol. The first-order valence-corrected chi connectivity index (χ1v) is 17.2. The summed E-state index contributed by atoms with van der Waals surface area (Å²) in [6.45, 7) is 9.13. The number of aromatic nitrogens is 2. The molecule has 1 atom stereocenters. The van der Waals surface area contributed by atoms with E-state index in [0.717, 1.165) is 52.9 Å². The lowest BCUT2D eigenvalue weighted by molar-refractivity contribution is -0.120. The van der Waals surface area contributed by atoms with E-state index in [1.165, 1.54) is 17.3 Å². The van der Waals surface area contributed by atoms with Gasteiger partial charge in [0.2, 0.25) is 11.9 Å². The number of nitrogens with one attached hydrogen (secondary N) is 2. The van der Waals surface area contributed by atoms with Crippen LogP contribution in [0.15, 0.2) is 77.7 Å². The van der Waals surface area contributed by atoms with E-state index in [2.05, 4.69) is 37.5 Å². The summed E-state index contributed by atoms with van der Waals surface area (Å²) in [6, 6.07) is 24.3. The van der Waals surface area contributed by atoms with Crippen LogP contribution in [0.1, 0.15) is 74.4 Å². The number of rotatable bonds is 11. The summed E-state index contributed by atoms with van der Waals surface area (Å²) >= 11 is 1.47. The van der Waals surface area contributed by atoms with Crippen molar-refractivity contribution in [2.45, 2.75) is 81.4 Å². The van der Waals surface area contributed by atoms with E-state index in [0.29, 0.717) is 24.0 Å². The van der Waals surface area contributed by atoms with Gasteiger partial charge in [0.15, 0.2) is 5.78 Å². The highest BCUT2D eigenvalue weighted by Crippen LogP contribution is 2.30. The summed E-state index contributed by atoms with van der Waals surface area (Å²) in [7, 11) is 4.00. The molecule has 1 aliphatic carbocycles. The quantitative estimate of drug-likeness (QED) is 0.128. The molecular formula is C38H47N5O2S. The Bertz CT molecular complexity index is 1640. The van der Waals surface area contributed by atoms with Crippen LogP contribution in [0.25, 0.3) is 10.9 Å². The number of para-hydroxylation sites is 1. The second kappa shape index (κ2) is 14.7. The van der Waals surface area contributed by atoms with Crippen molar-refractivity contribution >= 4 is 46.1 Å². The number of hydrogen-bond donors (Lipinski definition) is 2. The minimum Gasteiger partial charge on any atom is -0.362 e. The number of carbonyl (C=O) groups is 2. The van der Waals surface area contributed by atoms with Gasteiger partial charge in [-0.2, -0.15) is 4.98 Å². The Morgan fingerprint density at radius 1 is 0.913 bits per heavy atom. The highest BCUT2D eigenvalue weighted by molar-refractivity contribution is 8.00. The molecule has 1 aliphatic rings. The fourth-order valence-corrected chi connectivity index (χ4v) is 6.98. The van der Waals surface area contributed by atoms with Crippen molar-refractivity contribution in [1.82, 2.24) is 15.3 Å². The molecular weight excluding hydrogens is 591 g/mol. The van der Waals surface area contributed by atoms with Crippen molar-refractivity contribution in [3.05, 3.63) is 89.5 Å². The van der Waals surface area contributed by atoms with Crippen LogP contribution < -0.4 is 15.5 Å². The Morgan fingerprint density at radius 3 is 2.24 bits per heavy atom. The molecule has 0 saturated heterocycles. The normalized spacial score (nSPS) is 17.3. The third kappa shape index (κ3) is 8.66. The van der Waals surface area contributed by atoms with Gasteiger partial charge in [-0.15, -0.1) is 11.8 Å². The molecule has 0 bridgehead atoms. The summed E-state index contributed by atoms with van der Waals surface area (Å²) < 4.78 is 0. The Morgan fingerprint density at radius 2 is 1.59 bits per heavy atom. The Hall–Kier alpha value is -3.91. The molecule has 0 aliphatic heterocycles. The van der Waals surface area contributed by atoms with Gasteiger partial charge in [-0.05, 0) is 73.8 Å². The maximum Gasteiger partial charge on any atom is 0.233 e. The molecule has 242 valence electrons. The zero-order valence-electron chi connectivity index (χ0n) is 28.0. The van der Waals surface area contributed by atoms with Gasteiger partial charge < -0.3 is 15.5 Å². The van der Waals surface area contributed by atoms with Crippen molar-refractivity contribution in [3.63, 3.8) is 0 Å². The van der Waals surface area contributed by atoms with Crippen LogP contribution in [-0.2, 0) is 10.2 Å². The summed E-state index contributed by atoms with van der Waals surface area (Å²) in [5, 5.41) is 7.32. The number of carbonyl (C=O) groups excluding carboxylic acids is 2. The number of benzene rings is 3. The van der Waals surface area contributed by atoms with Gasteiger partial charge in [-0.1, -0.05) is 74.9 Å². The van der Waals surface area contributed by atoms with Crippen molar-refractivity contribution in [2.75, 3.05) is 30.9 Å². The molecule has 46 heavy (non-hydrogen) atoms. The SMILES string of the molecule is Cc1ccc(SC(CC(=O)c2ccc(C(C)(C)C)cc2)C(=O)NC[C@H]2CC[C@@H](Nc3nc(N(C)C)c4ccccc4n3)CC2)cc1. The number of hydrogen-bond acceptors (Lipinski definition) is 7. The number of aryl methyl sites for hydroxylation is 1. The third-order valence-electron chi connectivity index (χ3n) is 8.79. The molecule has 1 heterocycles. The first kappa shape index (κ1) is 33.5. The van der Waals surface area contributed by atoms with Crippen LogP contribution in [-0.4, -0.2) is 53.6 Å². The van der Waals surface area contributed by atoms with Crippen molar-refractivity contribution in [1.29, 1.82) is 0 Å². The maximum atomic E-state index is 13.6. The molecule has 2 N–H and O–H groups in total. The van der Waals surface area contributed by atoms with Crippen LogP contribution in [0, 0.1) is 12.8 Å². The smallest absolute Gasteiger partial charge is 0.233 e. The van der Waals surface area contributed by atoms with Gasteiger partial charge in [0, 0.05) is 48.9 Å². The minimum absolute atomic E-state index is 0.0138. The first-order valence-electron chi connectivity index (χ1n) is 16.3. The molecule has 1 saturated carbocycles. The molecule has 1 aromatic heterocycles. The molecule has 7 nitrogen and oxygen atoms in total. The standard InChI is InChI=1S/C38H47N5O2S/c1-25-11-21-30(22-12-25)46-34(23-33(44)27-15-17-28(18-16-27)38(2,3)4)36(45)39-24-26-13-19-29(20-14-26)40-37-41-32-10-8-7-9-31(32)35(42-37)43(5)6/h7-12,15-18,21-22,26,29,34H,13-14,19-20,23-24H2,1-6H3,(H,39,45)(H,40,41,42)/t26-,29+,34?. The number of nitrogens with zero attached hydrogens (tertiary/aromatic N) is 3. The van der Waals surface area contributed by atoms with Gasteiger partial charge in [0.05, 0.1) is 10.8 Å². The third-order valence-corrected chi connectivity index (χ3v) is 10.00. The second-order valence-corrected chi connectivity index (χ2v) is 15.0. The zero-order chi connectivity index (χ0) is 32.8. The van der Waals surface area contributed by atoms with Gasteiger partial charge in [-0.25, -0.2) is 4.98 Å². The van der Waals surface area contributed by atoms with E-state index in [1.54, 1.807) is 0 Å². The summed E-state index contributed by atoms with van der Waals surface area (Å²) in [5.74, 6) is 1.87. The topological polar surface area (TPSA) is 87.2 Å². The lowest BCUT2D eigenvalue weighted by Crippen LogP contribution is -2.39. The monoisotopic (exact) mass is 637 g/mol. The first-order chi connectivity index (χ1) is 22.0. The highest BCUT2D eigenvalue weighted by Gasteiger charge is 2.27. The van der Waals surface area contributed by atoms with Gasteiger partial charge in [0.1, 0.15) is 5.82 Å². The highest BCUT2D eigenvalue weighted by atomic mass is 32.2. The second-order valence-electron chi connectivity index (χ2n) is 13.8.